The van der Waals surface area contributed by atoms with Crippen LogP contribution in [0, 0.1) is 0 Å². The Balaban J connectivity index is 2.31. The van der Waals surface area contributed by atoms with Gasteiger partial charge in [-0.05, 0) is 12.5 Å². The minimum Gasteiger partial charge on any atom is -0.442 e. The molecule has 0 fully saturated rings. The molecule has 0 aliphatic heterocycles. The summed E-state index contributed by atoms with van der Waals surface area (Å²) in [5.41, 5.74) is 1.04. The number of ether oxygens (including phenoxy) is 1. The first-order valence-corrected chi connectivity index (χ1v) is 4.83. The summed E-state index contributed by atoms with van der Waals surface area (Å²) in [7, 11) is 0. The van der Waals surface area contributed by atoms with E-state index in [0.717, 1.165) is 5.56 Å². The summed E-state index contributed by atoms with van der Waals surface area (Å²) in [6, 6.07) is 9.67. The molecular weight excluding hydrogens is 190 g/mol. The van der Waals surface area contributed by atoms with Crippen molar-refractivity contribution in [2.24, 2.45) is 0 Å². The molecule has 0 aromatic heterocycles. The number of hydrogen-bond acceptors (Lipinski definition) is 2. The fraction of sp³-hybridized carbons (Fsp3) is 0.250. The van der Waals surface area contributed by atoms with Gasteiger partial charge in [-0.2, -0.15) is 0 Å². The molecule has 0 saturated carbocycles. The average molecular weight is 205 g/mol. The van der Waals surface area contributed by atoms with Crippen LogP contribution in [0.5, 0.6) is 0 Å². The van der Waals surface area contributed by atoms with Gasteiger partial charge in [-0.3, -0.25) is 0 Å². The van der Waals surface area contributed by atoms with Crippen LogP contribution in [0.25, 0.3) is 0 Å². The third-order valence-electron chi connectivity index (χ3n) is 1.90. The lowest BCUT2D eigenvalue weighted by Gasteiger charge is -2.09. The highest BCUT2D eigenvalue weighted by molar-refractivity contribution is 5.67. The molecule has 3 heteroatoms. The summed E-state index contributed by atoms with van der Waals surface area (Å²) in [4.78, 5) is 11.2. The molecule has 0 heterocycles. The monoisotopic (exact) mass is 205 g/mol. The van der Waals surface area contributed by atoms with Crippen LogP contribution in [0.15, 0.2) is 43.0 Å². The lowest BCUT2D eigenvalue weighted by atomic mass is 10.2. The smallest absolute Gasteiger partial charge is 0.407 e. The maximum atomic E-state index is 11.2. The van der Waals surface area contributed by atoms with Gasteiger partial charge in [-0.25, -0.2) is 4.79 Å². The largest absolute Gasteiger partial charge is 0.442 e. The number of hydrogen-bond donors (Lipinski definition) is 1. The number of alkyl carbamates (subject to hydrolysis) is 1. The van der Waals surface area contributed by atoms with E-state index in [0.29, 0.717) is 6.54 Å². The lowest BCUT2D eigenvalue weighted by molar-refractivity contribution is 0.126. The van der Waals surface area contributed by atoms with Crippen LogP contribution in [0.3, 0.4) is 0 Å². The second-order valence-corrected chi connectivity index (χ2v) is 3.19. The van der Waals surface area contributed by atoms with Gasteiger partial charge in [0.1, 0.15) is 6.10 Å². The van der Waals surface area contributed by atoms with Crippen LogP contribution in [0.1, 0.15) is 12.5 Å². The molecule has 0 spiro atoms. The highest BCUT2D eigenvalue weighted by Gasteiger charge is 2.04. The zero-order chi connectivity index (χ0) is 11.1. The zero-order valence-electron chi connectivity index (χ0n) is 8.77. The van der Waals surface area contributed by atoms with Gasteiger partial charge in [0.25, 0.3) is 0 Å². The fourth-order valence-electron chi connectivity index (χ4n) is 1.03. The van der Waals surface area contributed by atoms with E-state index in [1.807, 2.05) is 30.3 Å². The summed E-state index contributed by atoms with van der Waals surface area (Å²) in [5.74, 6) is 0. The molecular formula is C12H15NO2. The maximum Gasteiger partial charge on any atom is 0.407 e. The van der Waals surface area contributed by atoms with Crippen LogP contribution in [-0.4, -0.2) is 12.2 Å². The fourth-order valence-corrected chi connectivity index (χ4v) is 1.03. The molecule has 1 N–H and O–H groups in total. The van der Waals surface area contributed by atoms with Gasteiger partial charge < -0.3 is 10.1 Å². The van der Waals surface area contributed by atoms with Crippen molar-refractivity contribution in [3.63, 3.8) is 0 Å². The Kier molecular flexibility index (Phi) is 4.41. The van der Waals surface area contributed by atoms with Crippen molar-refractivity contribution in [1.29, 1.82) is 0 Å². The molecule has 1 rings (SSSR count). The van der Waals surface area contributed by atoms with E-state index in [-0.39, 0.29) is 6.10 Å². The first-order valence-electron chi connectivity index (χ1n) is 4.83. The van der Waals surface area contributed by atoms with Crippen LogP contribution < -0.4 is 5.32 Å². The number of amides is 1. The molecule has 15 heavy (non-hydrogen) atoms. The van der Waals surface area contributed by atoms with Crippen LogP contribution in [0.2, 0.25) is 0 Å². The molecule has 1 aromatic carbocycles. The number of benzene rings is 1. The number of carbonyl (C=O) groups excluding carboxylic acids is 1. The van der Waals surface area contributed by atoms with Gasteiger partial charge in [0.05, 0.1) is 0 Å². The predicted molar refractivity (Wildman–Crippen MR) is 59.4 cm³/mol. The van der Waals surface area contributed by atoms with E-state index in [1.165, 1.54) is 0 Å². The van der Waals surface area contributed by atoms with Crippen molar-refractivity contribution in [2.45, 2.75) is 19.6 Å². The molecule has 3 nitrogen and oxygen atoms in total. The Labute approximate surface area is 89.8 Å². The summed E-state index contributed by atoms with van der Waals surface area (Å²) < 4.78 is 4.95. The van der Waals surface area contributed by atoms with E-state index >= 15 is 0 Å². The van der Waals surface area contributed by atoms with E-state index in [9.17, 15) is 4.79 Å². The van der Waals surface area contributed by atoms with E-state index in [1.54, 1.807) is 13.0 Å². The molecule has 0 bridgehead atoms. The highest BCUT2D eigenvalue weighted by Crippen LogP contribution is 1.98. The van der Waals surface area contributed by atoms with Crippen molar-refractivity contribution in [2.75, 3.05) is 0 Å². The Morgan fingerprint density at radius 2 is 2.20 bits per heavy atom. The van der Waals surface area contributed by atoms with Gasteiger partial charge >= 0.3 is 6.09 Å². The molecule has 1 atom stereocenters. The van der Waals surface area contributed by atoms with E-state index in [4.69, 9.17) is 4.74 Å². The first-order chi connectivity index (χ1) is 7.22. The summed E-state index contributed by atoms with van der Waals surface area (Å²) in [6.45, 7) is 5.76. The summed E-state index contributed by atoms with van der Waals surface area (Å²) in [6.07, 6.45) is 0.884. The van der Waals surface area contributed by atoms with Crippen molar-refractivity contribution in [3.8, 4) is 0 Å². The normalized spacial score (nSPS) is 11.5. The number of nitrogens with one attached hydrogen (secondary N) is 1. The molecule has 1 unspecified atom stereocenters. The minimum absolute atomic E-state index is 0.263. The second-order valence-electron chi connectivity index (χ2n) is 3.19. The van der Waals surface area contributed by atoms with Gasteiger partial charge in [-0.1, -0.05) is 43.0 Å². The average Bonchev–Trinajstić information content (AvgIpc) is 2.27. The second kappa shape index (κ2) is 5.86. The third kappa shape index (κ3) is 4.31. The molecule has 1 aromatic rings. The van der Waals surface area contributed by atoms with E-state index < -0.39 is 6.09 Å². The molecule has 1 amide bonds. The summed E-state index contributed by atoms with van der Waals surface area (Å²) in [5, 5.41) is 2.66. The van der Waals surface area contributed by atoms with Gasteiger partial charge in [0.2, 0.25) is 0 Å². The van der Waals surface area contributed by atoms with Crippen LogP contribution in [0.4, 0.5) is 4.79 Å². The SMILES string of the molecule is C=CC(C)OC(=O)NCc1ccccc1. The first kappa shape index (κ1) is 11.3. The number of carbonyl (C=O) groups is 1. The Morgan fingerprint density at radius 3 is 2.80 bits per heavy atom. The van der Waals surface area contributed by atoms with Crippen LogP contribution in [-0.2, 0) is 11.3 Å². The Hall–Kier alpha value is -1.77. The Bertz CT molecular complexity index is 322. The van der Waals surface area contributed by atoms with Gasteiger partial charge in [0.15, 0.2) is 0 Å². The topological polar surface area (TPSA) is 38.3 Å². The van der Waals surface area contributed by atoms with Gasteiger partial charge in [-0.15, -0.1) is 0 Å². The maximum absolute atomic E-state index is 11.2. The Morgan fingerprint density at radius 1 is 1.53 bits per heavy atom. The van der Waals surface area contributed by atoms with E-state index in [2.05, 4.69) is 11.9 Å². The predicted octanol–water partition coefficient (Wildman–Crippen LogP) is 2.49. The molecule has 80 valence electrons. The summed E-state index contributed by atoms with van der Waals surface area (Å²) >= 11 is 0. The number of rotatable bonds is 4. The standard InChI is InChI=1S/C12H15NO2/c1-3-10(2)15-12(14)13-9-11-7-5-4-6-8-11/h3-8,10H,1,9H2,2H3,(H,13,14). The van der Waals surface area contributed by atoms with Gasteiger partial charge in [0, 0.05) is 6.54 Å². The highest BCUT2D eigenvalue weighted by atomic mass is 16.6. The lowest BCUT2D eigenvalue weighted by Crippen LogP contribution is -2.26. The minimum atomic E-state index is -0.425. The third-order valence-corrected chi connectivity index (χ3v) is 1.90. The molecule has 0 saturated heterocycles. The molecule has 0 aliphatic rings. The zero-order valence-corrected chi connectivity index (χ0v) is 8.77. The van der Waals surface area contributed by atoms with Crippen molar-refractivity contribution < 1.29 is 9.53 Å². The van der Waals surface area contributed by atoms with Crippen LogP contribution >= 0.6 is 0 Å². The van der Waals surface area contributed by atoms with Crippen molar-refractivity contribution >= 4 is 6.09 Å². The molecule has 0 radical (unpaired) electrons. The van der Waals surface area contributed by atoms with Crippen molar-refractivity contribution in [3.05, 3.63) is 48.6 Å². The van der Waals surface area contributed by atoms with Crippen molar-refractivity contribution in [1.82, 2.24) is 5.32 Å². The quantitative estimate of drug-likeness (QED) is 0.767. The molecule has 0 aliphatic carbocycles.